The van der Waals surface area contributed by atoms with Gasteiger partial charge in [-0.3, -0.25) is 19.3 Å². The van der Waals surface area contributed by atoms with Crippen LogP contribution < -0.4 is 5.32 Å². The third-order valence-corrected chi connectivity index (χ3v) is 8.08. The summed E-state index contributed by atoms with van der Waals surface area (Å²) in [6.07, 6.45) is 0.420. The topological polar surface area (TPSA) is 66.5 Å². The highest BCUT2D eigenvalue weighted by Crippen LogP contribution is 2.61. The molecular formula is C31H30N2O3. The number of hydrogen-bond acceptors (Lipinski definition) is 3. The second-order valence-corrected chi connectivity index (χ2v) is 10.8. The van der Waals surface area contributed by atoms with Crippen molar-refractivity contribution in [2.24, 2.45) is 17.8 Å². The molecule has 0 unspecified atom stereocenters. The van der Waals surface area contributed by atoms with Crippen LogP contribution in [0.15, 0.2) is 72.8 Å². The van der Waals surface area contributed by atoms with E-state index in [9.17, 15) is 14.4 Å². The highest BCUT2D eigenvalue weighted by molar-refractivity contribution is 6.11. The van der Waals surface area contributed by atoms with E-state index in [1.807, 2.05) is 69.3 Å². The van der Waals surface area contributed by atoms with Gasteiger partial charge in [0.2, 0.25) is 17.7 Å². The van der Waals surface area contributed by atoms with E-state index < -0.39 is 17.9 Å². The molecular weight excluding hydrogens is 448 g/mol. The molecule has 0 radical (unpaired) electrons. The molecule has 182 valence electrons. The molecule has 7 rings (SSSR count). The molecule has 2 bridgehead atoms. The van der Waals surface area contributed by atoms with Gasteiger partial charge < -0.3 is 5.32 Å². The molecule has 1 N–H and O–H groups in total. The Morgan fingerprint density at radius 3 is 1.75 bits per heavy atom. The highest BCUT2D eigenvalue weighted by Gasteiger charge is 2.63. The number of nitrogens with one attached hydrogen (secondary N) is 1. The van der Waals surface area contributed by atoms with Crippen LogP contribution in [0, 0.1) is 24.7 Å². The first-order valence-electron chi connectivity index (χ1n) is 12.8. The van der Waals surface area contributed by atoms with Gasteiger partial charge in [-0.25, -0.2) is 0 Å². The highest BCUT2D eigenvalue weighted by atomic mass is 16.2. The molecule has 1 saturated heterocycles. The predicted octanol–water partition coefficient (Wildman–Crippen LogP) is 5.24. The van der Waals surface area contributed by atoms with Crippen LogP contribution in [-0.2, 0) is 14.4 Å². The summed E-state index contributed by atoms with van der Waals surface area (Å²) in [4.78, 5) is 43.2. The standard InChI is InChI=1S/C31H30N2O3/c1-17(2)15-24(29(34)32-19-10-8-9-18(3)16-19)33-30(35)27-25-20-11-4-5-12-21(20)26(28(27)31(33)36)23-14-7-6-13-22(23)25/h4-14,16-17,24-28H,15H2,1-3H3,(H,32,34)/t24-,25?,26?,27+,28+/m0/s1. The van der Waals surface area contributed by atoms with E-state index >= 15 is 0 Å². The van der Waals surface area contributed by atoms with Gasteiger partial charge in [0.05, 0.1) is 11.8 Å². The van der Waals surface area contributed by atoms with E-state index in [1.165, 1.54) is 4.90 Å². The van der Waals surface area contributed by atoms with Crippen molar-refractivity contribution in [2.75, 3.05) is 5.32 Å². The lowest BCUT2D eigenvalue weighted by atomic mass is 9.55. The van der Waals surface area contributed by atoms with E-state index in [0.29, 0.717) is 12.1 Å². The number of benzene rings is 3. The molecule has 5 heteroatoms. The fourth-order valence-corrected chi connectivity index (χ4v) is 6.73. The van der Waals surface area contributed by atoms with Gasteiger partial charge in [-0.1, -0.05) is 74.5 Å². The predicted molar refractivity (Wildman–Crippen MR) is 138 cm³/mol. The number of likely N-dealkylation sites (tertiary alicyclic amines) is 1. The van der Waals surface area contributed by atoms with Gasteiger partial charge in [0, 0.05) is 17.5 Å². The Morgan fingerprint density at radius 1 is 0.806 bits per heavy atom. The summed E-state index contributed by atoms with van der Waals surface area (Å²) < 4.78 is 0. The molecule has 0 spiro atoms. The van der Waals surface area contributed by atoms with Gasteiger partial charge >= 0.3 is 0 Å². The van der Waals surface area contributed by atoms with Gasteiger partial charge in [-0.2, -0.15) is 0 Å². The fraction of sp³-hybridized carbons (Fsp3) is 0.323. The summed E-state index contributed by atoms with van der Waals surface area (Å²) in [5, 5.41) is 2.97. The van der Waals surface area contributed by atoms with Gasteiger partial charge in [-0.05, 0) is 59.2 Å². The maximum Gasteiger partial charge on any atom is 0.247 e. The van der Waals surface area contributed by atoms with Crippen LogP contribution in [0.1, 0.15) is 59.9 Å². The van der Waals surface area contributed by atoms with Crippen LogP contribution in [0.4, 0.5) is 5.69 Å². The lowest BCUT2D eigenvalue weighted by Crippen LogP contribution is -2.48. The van der Waals surface area contributed by atoms with Crippen LogP contribution in [0.25, 0.3) is 0 Å². The summed E-state index contributed by atoms with van der Waals surface area (Å²) in [7, 11) is 0. The number of carbonyl (C=O) groups excluding carboxylic acids is 3. The number of rotatable bonds is 5. The minimum Gasteiger partial charge on any atom is -0.324 e. The largest absolute Gasteiger partial charge is 0.324 e. The Bertz CT molecular complexity index is 1280. The van der Waals surface area contributed by atoms with Crippen molar-refractivity contribution >= 4 is 23.4 Å². The van der Waals surface area contributed by atoms with Crippen LogP contribution in [0.2, 0.25) is 0 Å². The van der Waals surface area contributed by atoms with E-state index in [1.54, 1.807) is 0 Å². The zero-order chi connectivity index (χ0) is 25.1. The van der Waals surface area contributed by atoms with Crippen LogP contribution >= 0.6 is 0 Å². The third kappa shape index (κ3) is 3.33. The first-order chi connectivity index (χ1) is 17.4. The summed E-state index contributed by atoms with van der Waals surface area (Å²) in [5.41, 5.74) is 6.24. The molecule has 0 saturated carbocycles. The second-order valence-electron chi connectivity index (χ2n) is 10.8. The van der Waals surface area contributed by atoms with E-state index in [0.717, 1.165) is 27.8 Å². The molecule has 5 nitrogen and oxygen atoms in total. The second kappa shape index (κ2) is 8.44. The summed E-state index contributed by atoms with van der Waals surface area (Å²) in [5.74, 6) is -1.91. The van der Waals surface area contributed by atoms with Gasteiger partial charge in [0.25, 0.3) is 0 Å². The quantitative estimate of drug-likeness (QED) is 0.510. The smallest absolute Gasteiger partial charge is 0.247 e. The number of aryl methyl sites for hydroxylation is 1. The average molecular weight is 479 g/mol. The lowest BCUT2D eigenvalue weighted by Gasteiger charge is -2.45. The normalized spacial score (nSPS) is 24.4. The molecule has 4 aliphatic rings. The monoisotopic (exact) mass is 478 g/mol. The first kappa shape index (κ1) is 22.7. The van der Waals surface area contributed by atoms with Crippen molar-refractivity contribution in [3.8, 4) is 0 Å². The molecule has 1 fully saturated rings. The maximum atomic E-state index is 14.1. The Morgan fingerprint density at radius 2 is 1.31 bits per heavy atom. The van der Waals surface area contributed by atoms with Gasteiger partial charge in [0.15, 0.2) is 0 Å². The van der Waals surface area contributed by atoms with Crippen molar-refractivity contribution in [3.05, 3.63) is 101 Å². The summed E-state index contributed by atoms with van der Waals surface area (Å²) in [6.45, 7) is 5.99. The number of hydrogen-bond donors (Lipinski definition) is 1. The number of anilines is 1. The molecule has 36 heavy (non-hydrogen) atoms. The number of nitrogens with zero attached hydrogens (tertiary/aromatic N) is 1. The van der Waals surface area contributed by atoms with Gasteiger partial charge in [-0.15, -0.1) is 0 Å². The minimum atomic E-state index is -0.846. The zero-order valence-corrected chi connectivity index (χ0v) is 20.8. The minimum absolute atomic E-state index is 0.132. The number of amides is 3. The molecule has 1 heterocycles. The SMILES string of the molecule is Cc1cccc(NC(=O)[C@H](CC(C)C)N2C(=O)[C@@H]3C4c5ccccc5C(c5ccccc54)[C@H]3C2=O)c1. The molecule has 3 aromatic carbocycles. The number of imide groups is 1. The molecule has 3 aromatic rings. The summed E-state index contributed by atoms with van der Waals surface area (Å²) in [6, 6.07) is 23.1. The zero-order valence-electron chi connectivity index (χ0n) is 20.8. The van der Waals surface area contributed by atoms with Crippen LogP contribution in [0.5, 0.6) is 0 Å². The average Bonchev–Trinajstić information content (AvgIpc) is 3.13. The van der Waals surface area contributed by atoms with Gasteiger partial charge in [0.1, 0.15) is 6.04 Å². The lowest BCUT2D eigenvalue weighted by molar-refractivity contribution is -0.147. The van der Waals surface area contributed by atoms with E-state index in [-0.39, 0.29) is 35.5 Å². The first-order valence-corrected chi connectivity index (χ1v) is 12.8. The van der Waals surface area contributed by atoms with Crippen molar-refractivity contribution in [1.82, 2.24) is 4.90 Å². The van der Waals surface area contributed by atoms with Crippen LogP contribution in [-0.4, -0.2) is 28.7 Å². The maximum absolute atomic E-state index is 14.1. The fourth-order valence-electron chi connectivity index (χ4n) is 6.73. The van der Waals surface area contributed by atoms with Crippen molar-refractivity contribution in [2.45, 2.75) is 45.1 Å². The molecule has 3 amide bonds. The Balaban J connectivity index is 1.41. The summed E-state index contributed by atoms with van der Waals surface area (Å²) >= 11 is 0. The van der Waals surface area contributed by atoms with E-state index in [4.69, 9.17) is 0 Å². The Kier molecular flexibility index (Phi) is 5.32. The molecule has 1 aliphatic heterocycles. The molecule has 0 aromatic heterocycles. The Labute approximate surface area is 211 Å². The number of carbonyl (C=O) groups is 3. The third-order valence-electron chi connectivity index (χ3n) is 8.08. The van der Waals surface area contributed by atoms with Crippen molar-refractivity contribution in [1.29, 1.82) is 0 Å². The van der Waals surface area contributed by atoms with Crippen molar-refractivity contribution < 1.29 is 14.4 Å². The van der Waals surface area contributed by atoms with Crippen molar-refractivity contribution in [3.63, 3.8) is 0 Å². The molecule has 3 aliphatic carbocycles. The molecule has 3 atom stereocenters. The van der Waals surface area contributed by atoms with E-state index in [2.05, 4.69) is 29.6 Å². The van der Waals surface area contributed by atoms with Crippen LogP contribution in [0.3, 0.4) is 0 Å². The Hall–Kier alpha value is -3.73.